The lowest BCUT2D eigenvalue weighted by atomic mass is 10.0. The summed E-state index contributed by atoms with van der Waals surface area (Å²) in [5, 5.41) is 8.32. The fourth-order valence-electron chi connectivity index (χ4n) is 2.40. The second kappa shape index (κ2) is 8.02. The quantitative estimate of drug-likeness (QED) is 0.474. The molecule has 0 radical (unpaired) electrons. The van der Waals surface area contributed by atoms with E-state index in [9.17, 15) is 4.79 Å². The van der Waals surface area contributed by atoms with E-state index in [-0.39, 0.29) is 5.78 Å². The molecule has 1 aliphatic rings. The highest BCUT2D eigenvalue weighted by molar-refractivity contribution is 6.51. The molecule has 0 fully saturated rings. The van der Waals surface area contributed by atoms with E-state index < -0.39 is 0 Å². The maximum Gasteiger partial charge on any atom is 0.213 e. The van der Waals surface area contributed by atoms with Crippen molar-refractivity contribution < 1.29 is 9.53 Å². The molecule has 0 aliphatic carbocycles. The average Bonchev–Trinajstić information content (AvgIpc) is 2.67. The Hall–Kier alpha value is -3.01. The second-order valence-corrected chi connectivity index (χ2v) is 5.42. The summed E-state index contributed by atoms with van der Waals surface area (Å²) in [4.78, 5) is 12.8. The van der Waals surface area contributed by atoms with Gasteiger partial charge in [-0.25, -0.2) is 0 Å². The van der Waals surface area contributed by atoms with E-state index in [0.29, 0.717) is 11.3 Å². The molecule has 0 unspecified atom stereocenters. The molecule has 1 aliphatic heterocycles. The molecular formula is C20H18N2O2. The smallest absolute Gasteiger partial charge is 0.213 e. The molecule has 24 heavy (non-hydrogen) atoms. The molecule has 0 atom stereocenters. The summed E-state index contributed by atoms with van der Waals surface area (Å²) in [5.41, 5.74) is 2.65. The van der Waals surface area contributed by atoms with Gasteiger partial charge in [0, 0.05) is 16.7 Å². The number of nitrogens with zero attached hydrogens (tertiary/aromatic N) is 2. The minimum atomic E-state index is -0.146. The Bertz CT molecular complexity index is 778. The highest BCUT2D eigenvalue weighted by atomic mass is 16.5. The molecule has 0 amide bonds. The first-order valence-corrected chi connectivity index (χ1v) is 7.91. The van der Waals surface area contributed by atoms with E-state index in [0.717, 1.165) is 30.6 Å². The van der Waals surface area contributed by atoms with Crippen molar-refractivity contribution in [3.8, 4) is 0 Å². The van der Waals surface area contributed by atoms with Crippen molar-refractivity contribution in [1.29, 1.82) is 0 Å². The van der Waals surface area contributed by atoms with Crippen LogP contribution in [0.2, 0.25) is 0 Å². The van der Waals surface area contributed by atoms with Gasteiger partial charge in [0.25, 0.3) is 0 Å². The standard InChI is InChI=1S/C20H18N2O2/c23-20(18-11-5-2-6-12-18)19(17-9-3-1-4-10-17)22-21-14-16-8-7-13-24-15-16/h1-6,9-12,14-15H,7-8,13H2/b21-14+,22-19+. The number of carbonyl (C=O) groups is 1. The Kier molecular flexibility index (Phi) is 5.30. The van der Waals surface area contributed by atoms with Gasteiger partial charge in [-0.2, -0.15) is 5.10 Å². The third-order valence-corrected chi connectivity index (χ3v) is 3.64. The number of Topliss-reactive ketones (excluding diaryl/α,β-unsaturated/α-hetero) is 1. The van der Waals surface area contributed by atoms with Gasteiger partial charge in [0.2, 0.25) is 5.78 Å². The first-order chi connectivity index (χ1) is 11.8. The molecule has 2 aromatic carbocycles. The van der Waals surface area contributed by atoms with E-state index >= 15 is 0 Å². The van der Waals surface area contributed by atoms with Gasteiger partial charge in [-0.05, 0) is 12.8 Å². The molecular weight excluding hydrogens is 300 g/mol. The van der Waals surface area contributed by atoms with Crippen LogP contribution in [0.5, 0.6) is 0 Å². The number of benzene rings is 2. The molecule has 1 heterocycles. The summed E-state index contributed by atoms with van der Waals surface area (Å²) < 4.78 is 5.27. The normalized spacial score (nSPS) is 15.0. The van der Waals surface area contributed by atoms with Crippen molar-refractivity contribution in [3.05, 3.63) is 83.6 Å². The molecule has 0 bridgehead atoms. The maximum absolute atomic E-state index is 12.8. The number of allylic oxidation sites excluding steroid dienone is 1. The van der Waals surface area contributed by atoms with Crippen LogP contribution in [0, 0.1) is 0 Å². The fraction of sp³-hybridized carbons (Fsp3) is 0.150. The Morgan fingerprint density at radius 1 is 0.958 bits per heavy atom. The van der Waals surface area contributed by atoms with Crippen LogP contribution in [0.3, 0.4) is 0 Å². The Morgan fingerprint density at radius 2 is 1.62 bits per heavy atom. The lowest BCUT2D eigenvalue weighted by Crippen LogP contribution is -2.15. The first-order valence-electron chi connectivity index (χ1n) is 7.91. The van der Waals surface area contributed by atoms with Crippen LogP contribution in [-0.2, 0) is 4.74 Å². The predicted molar refractivity (Wildman–Crippen MR) is 95.5 cm³/mol. The molecule has 3 rings (SSSR count). The predicted octanol–water partition coefficient (Wildman–Crippen LogP) is 4.04. The summed E-state index contributed by atoms with van der Waals surface area (Å²) in [6, 6.07) is 18.5. The van der Waals surface area contributed by atoms with Gasteiger partial charge in [-0.3, -0.25) is 4.79 Å². The number of rotatable bonds is 5. The minimum Gasteiger partial charge on any atom is -0.501 e. The zero-order chi connectivity index (χ0) is 16.6. The van der Waals surface area contributed by atoms with Gasteiger partial charge in [0.15, 0.2) is 0 Å². The molecule has 4 nitrogen and oxygen atoms in total. The molecule has 0 aromatic heterocycles. The number of hydrogen-bond donors (Lipinski definition) is 0. The largest absolute Gasteiger partial charge is 0.501 e. The van der Waals surface area contributed by atoms with E-state index in [4.69, 9.17) is 4.74 Å². The lowest BCUT2D eigenvalue weighted by molar-refractivity contribution is 0.106. The van der Waals surface area contributed by atoms with Crippen LogP contribution >= 0.6 is 0 Å². The Balaban J connectivity index is 1.90. The molecule has 0 spiro atoms. The van der Waals surface area contributed by atoms with Gasteiger partial charge < -0.3 is 4.74 Å². The van der Waals surface area contributed by atoms with Crippen LogP contribution < -0.4 is 0 Å². The highest BCUT2D eigenvalue weighted by Crippen LogP contribution is 2.11. The first kappa shape index (κ1) is 15.9. The van der Waals surface area contributed by atoms with Crippen molar-refractivity contribution in [1.82, 2.24) is 0 Å². The monoisotopic (exact) mass is 318 g/mol. The van der Waals surface area contributed by atoms with Crippen LogP contribution in [0.15, 0.2) is 82.7 Å². The second-order valence-electron chi connectivity index (χ2n) is 5.42. The molecule has 2 aromatic rings. The minimum absolute atomic E-state index is 0.146. The van der Waals surface area contributed by atoms with Crippen LogP contribution in [-0.4, -0.2) is 24.3 Å². The number of ether oxygens (including phenoxy) is 1. The van der Waals surface area contributed by atoms with Crippen molar-refractivity contribution in [2.24, 2.45) is 10.2 Å². The summed E-state index contributed by atoms with van der Waals surface area (Å²) in [7, 11) is 0. The number of ketones is 1. The highest BCUT2D eigenvalue weighted by Gasteiger charge is 2.16. The molecule has 0 saturated carbocycles. The van der Waals surface area contributed by atoms with Crippen LogP contribution in [0.25, 0.3) is 0 Å². The van der Waals surface area contributed by atoms with Gasteiger partial charge >= 0.3 is 0 Å². The third kappa shape index (κ3) is 4.04. The van der Waals surface area contributed by atoms with Crippen molar-refractivity contribution >= 4 is 17.7 Å². The van der Waals surface area contributed by atoms with Gasteiger partial charge in [0.1, 0.15) is 5.71 Å². The molecule has 0 saturated heterocycles. The van der Waals surface area contributed by atoms with Crippen molar-refractivity contribution in [3.63, 3.8) is 0 Å². The van der Waals surface area contributed by atoms with E-state index in [1.54, 1.807) is 24.6 Å². The maximum atomic E-state index is 12.8. The third-order valence-electron chi connectivity index (χ3n) is 3.64. The van der Waals surface area contributed by atoms with Crippen molar-refractivity contribution in [2.75, 3.05) is 6.61 Å². The summed E-state index contributed by atoms with van der Waals surface area (Å²) in [5.74, 6) is -0.146. The summed E-state index contributed by atoms with van der Waals surface area (Å²) >= 11 is 0. The fourth-order valence-corrected chi connectivity index (χ4v) is 2.40. The zero-order valence-corrected chi connectivity index (χ0v) is 13.3. The van der Waals surface area contributed by atoms with Gasteiger partial charge in [0.05, 0.1) is 19.1 Å². The van der Waals surface area contributed by atoms with E-state index in [1.165, 1.54) is 0 Å². The van der Waals surface area contributed by atoms with Crippen LogP contribution in [0.4, 0.5) is 0 Å². The van der Waals surface area contributed by atoms with Crippen LogP contribution in [0.1, 0.15) is 28.8 Å². The summed E-state index contributed by atoms with van der Waals surface area (Å²) in [6.45, 7) is 0.738. The lowest BCUT2D eigenvalue weighted by Gasteiger charge is -2.09. The van der Waals surface area contributed by atoms with Gasteiger partial charge in [-0.15, -0.1) is 5.10 Å². The number of hydrogen-bond acceptors (Lipinski definition) is 4. The zero-order valence-electron chi connectivity index (χ0n) is 13.3. The summed E-state index contributed by atoms with van der Waals surface area (Å²) in [6.07, 6.45) is 5.23. The number of carbonyl (C=O) groups excluding carboxylic acids is 1. The SMILES string of the molecule is O=C(/C(=N/N=C/C1=COCCC1)c1ccccc1)c1ccccc1. The molecule has 4 heteroatoms. The Labute approximate surface area is 141 Å². The Morgan fingerprint density at radius 3 is 2.25 bits per heavy atom. The van der Waals surface area contributed by atoms with E-state index in [2.05, 4.69) is 10.2 Å². The van der Waals surface area contributed by atoms with Gasteiger partial charge in [-0.1, -0.05) is 60.7 Å². The molecule has 120 valence electrons. The molecule has 0 N–H and O–H groups in total. The van der Waals surface area contributed by atoms with Crippen molar-refractivity contribution in [2.45, 2.75) is 12.8 Å². The topological polar surface area (TPSA) is 51.0 Å². The van der Waals surface area contributed by atoms with E-state index in [1.807, 2.05) is 48.5 Å². The average molecular weight is 318 g/mol.